The molecule has 7 heteroatoms. The van der Waals surface area contributed by atoms with Crippen molar-refractivity contribution in [2.24, 2.45) is 5.84 Å². The molecular formula is C4H15B4N3. The third-order valence-corrected chi connectivity index (χ3v) is 2.23. The molecule has 2 N–H and O–H groups in total. The standard InChI is InChI=1S/C4H15B4N3/c5-6-7-8-10-1-3-11(9)4-2-10/h6-8H,1-5,9H2. The topological polar surface area (TPSA) is 32.5 Å². The summed E-state index contributed by atoms with van der Waals surface area (Å²) >= 11 is 0. The summed E-state index contributed by atoms with van der Waals surface area (Å²) in [4.78, 5) is 2.49. The number of rotatable bonds is 3. The molecular weight excluding hydrogens is 133 g/mol. The van der Waals surface area contributed by atoms with Crippen LogP contribution in [0.1, 0.15) is 0 Å². The van der Waals surface area contributed by atoms with E-state index in [4.69, 9.17) is 5.84 Å². The Kier molecular flexibility index (Phi) is 4.12. The molecule has 58 valence electrons. The van der Waals surface area contributed by atoms with E-state index in [2.05, 4.69) is 12.5 Å². The zero-order valence-corrected chi connectivity index (χ0v) is 7.42. The highest BCUT2D eigenvalue weighted by molar-refractivity contribution is 7.40. The molecule has 1 saturated heterocycles. The van der Waals surface area contributed by atoms with Crippen LogP contribution in [0.25, 0.3) is 0 Å². The molecule has 0 amide bonds. The second-order valence-corrected chi connectivity index (χ2v) is 3.23. The predicted octanol–water partition coefficient (Wildman–Crippen LogP) is -3.92. The lowest BCUT2D eigenvalue weighted by atomic mass is 9.16. The van der Waals surface area contributed by atoms with Gasteiger partial charge in [0.25, 0.3) is 0 Å². The molecule has 0 aromatic rings. The molecule has 1 aliphatic rings. The van der Waals surface area contributed by atoms with Gasteiger partial charge in [-0.05, 0) is 0 Å². The summed E-state index contributed by atoms with van der Waals surface area (Å²) < 4.78 is 0. The van der Waals surface area contributed by atoms with Crippen LogP contribution in [0.15, 0.2) is 0 Å². The number of nitrogens with zero attached hydrogens (tertiary/aromatic N) is 2. The number of nitrogens with two attached hydrogens (primary N) is 1. The van der Waals surface area contributed by atoms with Crippen LogP contribution >= 0.6 is 0 Å². The van der Waals surface area contributed by atoms with Gasteiger partial charge in [-0.2, -0.15) is 0 Å². The molecule has 1 aliphatic heterocycles. The lowest BCUT2D eigenvalue weighted by Crippen LogP contribution is -2.51. The smallest absolute Gasteiger partial charge is 0.156 e. The number of hydrazine groups is 1. The maximum atomic E-state index is 5.63. The Morgan fingerprint density at radius 2 is 1.82 bits per heavy atom. The van der Waals surface area contributed by atoms with Crippen LogP contribution in [-0.2, 0) is 0 Å². The molecule has 0 spiro atoms. The molecule has 0 bridgehead atoms. The molecule has 11 heavy (non-hydrogen) atoms. The first-order chi connectivity index (χ1) is 5.33. The van der Waals surface area contributed by atoms with Crippen molar-refractivity contribution < 1.29 is 0 Å². The van der Waals surface area contributed by atoms with E-state index in [1.54, 1.807) is 0 Å². The van der Waals surface area contributed by atoms with Crippen molar-refractivity contribution in [1.82, 2.24) is 9.82 Å². The predicted molar refractivity (Wildman–Crippen MR) is 57.3 cm³/mol. The first-order valence-corrected chi connectivity index (χ1v) is 4.55. The van der Waals surface area contributed by atoms with Gasteiger partial charge in [0.2, 0.25) is 0 Å². The lowest BCUT2D eigenvalue weighted by Gasteiger charge is -2.31. The van der Waals surface area contributed by atoms with Crippen LogP contribution in [0.3, 0.4) is 0 Å². The second-order valence-electron chi connectivity index (χ2n) is 3.23. The molecule has 0 unspecified atom stereocenters. The molecule has 0 aliphatic carbocycles. The van der Waals surface area contributed by atoms with E-state index in [1.807, 2.05) is 5.01 Å². The zero-order valence-electron chi connectivity index (χ0n) is 7.42. The summed E-state index contributed by atoms with van der Waals surface area (Å²) in [6, 6.07) is 0. The SMILES string of the molecule is BBBBN1CCN(N)CC1. The highest BCUT2D eigenvalue weighted by Gasteiger charge is 2.13. The van der Waals surface area contributed by atoms with Crippen molar-refractivity contribution in [1.29, 1.82) is 0 Å². The molecule has 0 atom stereocenters. The normalized spacial score (nSPS) is 21.2. The van der Waals surface area contributed by atoms with Crippen LogP contribution in [0.2, 0.25) is 0 Å². The van der Waals surface area contributed by atoms with E-state index in [0.29, 0.717) is 0 Å². The summed E-state index contributed by atoms with van der Waals surface area (Å²) in [6.45, 7) is 4.36. The van der Waals surface area contributed by atoms with Crippen molar-refractivity contribution in [2.45, 2.75) is 0 Å². The molecule has 1 heterocycles. The Morgan fingerprint density at radius 3 is 2.36 bits per heavy atom. The highest BCUT2D eigenvalue weighted by Crippen LogP contribution is 1.93. The lowest BCUT2D eigenvalue weighted by molar-refractivity contribution is 0.194. The monoisotopic (exact) mass is 149 g/mol. The molecule has 1 rings (SSSR count). The van der Waals surface area contributed by atoms with E-state index in [1.165, 1.54) is 21.4 Å². The summed E-state index contributed by atoms with van der Waals surface area (Å²) in [6.07, 6.45) is 0. The fraction of sp³-hybridized carbons (Fsp3) is 1.00. The molecule has 0 radical (unpaired) electrons. The zero-order chi connectivity index (χ0) is 8.10. The highest BCUT2D eigenvalue weighted by atomic mass is 15.4. The fourth-order valence-corrected chi connectivity index (χ4v) is 1.37. The van der Waals surface area contributed by atoms with Gasteiger partial charge in [0.05, 0.1) is 14.8 Å². The van der Waals surface area contributed by atoms with Crippen LogP contribution in [-0.4, -0.2) is 65.2 Å². The van der Waals surface area contributed by atoms with Gasteiger partial charge in [0.1, 0.15) is 0 Å². The van der Waals surface area contributed by atoms with Crippen molar-refractivity contribution >= 4 is 29.2 Å². The number of hydrogen-bond acceptors (Lipinski definition) is 3. The molecule has 0 aromatic heterocycles. The van der Waals surface area contributed by atoms with Crippen molar-refractivity contribution in [3.8, 4) is 0 Å². The van der Waals surface area contributed by atoms with Crippen LogP contribution in [0.4, 0.5) is 0 Å². The first kappa shape index (κ1) is 9.23. The van der Waals surface area contributed by atoms with Gasteiger partial charge < -0.3 is 4.81 Å². The molecule has 3 nitrogen and oxygen atoms in total. The summed E-state index contributed by atoms with van der Waals surface area (Å²) in [5, 5.41) is 1.91. The second kappa shape index (κ2) is 4.91. The maximum Gasteiger partial charge on any atom is 0.156 e. The van der Waals surface area contributed by atoms with Gasteiger partial charge in [0.15, 0.2) is 7.31 Å². The van der Waals surface area contributed by atoms with Crippen molar-refractivity contribution in [3.05, 3.63) is 0 Å². The van der Waals surface area contributed by atoms with Gasteiger partial charge in [-0.1, -0.05) is 0 Å². The fourth-order valence-electron chi connectivity index (χ4n) is 1.37. The van der Waals surface area contributed by atoms with E-state index in [0.717, 1.165) is 26.2 Å². The minimum absolute atomic E-state index is 1.03. The van der Waals surface area contributed by atoms with Crippen LogP contribution in [0, 0.1) is 0 Å². The minimum Gasteiger partial charge on any atom is -0.351 e. The third-order valence-electron chi connectivity index (χ3n) is 2.23. The average molecular weight is 148 g/mol. The molecule has 1 fully saturated rings. The summed E-state index contributed by atoms with van der Waals surface area (Å²) in [5.41, 5.74) is 0. The van der Waals surface area contributed by atoms with Crippen molar-refractivity contribution in [3.63, 3.8) is 0 Å². The molecule has 0 aromatic carbocycles. The Bertz CT molecular complexity index is 103. The number of hydrogen-bond donors (Lipinski definition) is 1. The maximum absolute atomic E-state index is 5.63. The van der Waals surface area contributed by atoms with E-state index in [9.17, 15) is 0 Å². The van der Waals surface area contributed by atoms with Crippen molar-refractivity contribution in [2.75, 3.05) is 26.2 Å². The largest absolute Gasteiger partial charge is 0.351 e. The molecule has 0 saturated carbocycles. The van der Waals surface area contributed by atoms with Gasteiger partial charge >= 0.3 is 0 Å². The number of piperazine rings is 1. The average Bonchev–Trinajstić information content (AvgIpc) is 2.04. The van der Waals surface area contributed by atoms with E-state index < -0.39 is 0 Å². The van der Waals surface area contributed by atoms with Crippen LogP contribution < -0.4 is 5.84 Å². The third kappa shape index (κ3) is 3.36. The Labute approximate surface area is 71.7 Å². The van der Waals surface area contributed by atoms with Gasteiger partial charge in [-0.25, -0.2) is 5.01 Å². The Hall–Kier alpha value is 0.140. The van der Waals surface area contributed by atoms with E-state index in [-0.39, 0.29) is 0 Å². The van der Waals surface area contributed by atoms with E-state index >= 15 is 0 Å². The van der Waals surface area contributed by atoms with Crippen LogP contribution in [0.5, 0.6) is 0 Å². The quantitative estimate of drug-likeness (QED) is 0.328. The summed E-state index contributed by atoms with van der Waals surface area (Å²) in [5.74, 6) is 5.63. The van der Waals surface area contributed by atoms with Gasteiger partial charge in [-0.3, -0.25) is 5.84 Å². The summed E-state index contributed by atoms with van der Waals surface area (Å²) in [7, 11) is 6.11. The van der Waals surface area contributed by atoms with Gasteiger partial charge in [-0.15, -0.1) is 0 Å². The first-order valence-electron chi connectivity index (χ1n) is 4.55. The minimum atomic E-state index is 1.03. The van der Waals surface area contributed by atoms with Gasteiger partial charge in [0, 0.05) is 33.2 Å². The Morgan fingerprint density at radius 1 is 1.18 bits per heavy atom. The Balaban J connectivity index is 2.07.